The van der Waals surface area contributed by atoms with Crippen LogP contribution in [0.1, 0.15) is 29.6 Å². The standard InChI is InChI=1S/C17H19FN4O2/c1-24-16(23)12-6-7-14(13(18)11-12)22-10-3-2-5-15(22)21-17-19-8-4-9-20-17/h4,6-9,11,15H,2-3,5,10H2,1H3,(H,19,20,21)/t15-/m1/s1. The molecule has 0 bridgehead atoms. The minimum Gasteiger partial charge on any atom is -0.465 e. The van der Waals surface area contributed by atoms with Crippen LogP contribution in [0.3, 0.4) is 0 Å². The van der Waals surface area contributed by atoms with E-state index in [1.165, 1.54) is 13.2 Å². The summed E-state index contributed by atoms with van der Waals surface area (Å²) in [4.78, 5) is 21.8. The summed E-state index contributed by atoms with van der Waals surface area (Å²) in [5.41, 5.74) is 0.655. The van der Waals surface area contributed by atoms with Crippen molar-refractivity contribution in [2.75, 3.05) is 23.9 Å². The zero-order chi connectivity index (χ0) is 16.9. The highest BCUT2D eigenvalue weighted by Gasteiger charge is 2.25. The molecule has 2 heterocycles. The van der Waals surface area contributed by atoms with Crippen LogP contribution in [0.2, 0.25) is 0 Å². The number of nitrogens with one attached hydrogen (secondary N) is 1. The Morgan fingerprint density at radius 2 is 2.12 bits per heavy atom. The molecule has 6 nitrogen and oxygen atoms in total. The molecule has 2 aromatic rings. The molecule has 1 aliphatic rings. The second kappa shape index (κ2) is 7.25. The van der Waals surface area contributed by atoms with Crippen LogP contribution in [-0.4, -0.2) is 35.8 Å². The molecule has 24 heavy (non-hydrogen) atoms. The molecular weight excluding hydrogens is 311 g/mol. The fourth-order valence-electron chi connectivity index (χ4n) is 2.88. The van der Waals surface area contributed by atoms with Crippen molar-refractivity contribution in [3.05, 3.63) is 48.0 Å². The smallest absolute Gasteiger partial charge is 0.337 e. The van der Waals surface area contributed by atoms with Crippen LogP contribution in [0.5, 0.6) is 0 Å². The second-order valence-corrected chi connectivity index (χ2v) is 5.58. The summed E-state index contributed by atoms with van der Waals surface area (Å²) < 4.78 is 19.2. The van der Waals surface area contributed by atoms with E-state index in [-0.39, 0.29) is 11.7 Å². The molecule has 1 saturated heterocycles. The highest BCUT2D eigenvalue weighted by molar-refractivity contribution is 5.89. The average Bonchev–Trinajstić information content (AvgIpc) is 2.62. The van der Waals surface area contributed by atoms with E-state index < -0.39 is 11.8 Å². The van der Waals surface area contributed by atoms with Crippen molar-refractivity contribution in [3.8, 4) is 0 Å². The summed E-state index contributed by atoms with van der Waals surface area (Å²) in [5.74, 6) is -0.479. The van der Waals surface area contributed by atoms with Gasteiger partial charge in [-0.05, 0) is 43.5 Å². The van der Waals surface area contributed by atoms with E-state index in [1.807, 2.05) is 4.90 Å². The van der Waals surface area contributed by atoms with E-state index >= 15 is 0 Å². The molecule has 7 heteroatoms. The molecule has 1 atom stereocenters. The Labute approximate surface area is 139 Å². The van der Waals surface area contributed by atoms with Crippen molar-refractivity contribution in [2.24, 2.45) is 0 Å². The van der Waals surface area contributed by atoms with Crippen LogP contribution < -0.4 is 10.2 Å². The van der Waals surface area contributed by atoms with Gasteiger partial charge in [0.1, 0.15) is 12.0 Å². The Bertz CT molecular complexity index is 711. The number of rotatable bonds is 4. The van der Waals surface area contributed by atoms with E-state index in [0.717, 1.165) is 25.8 Å². The first-order valence-corrected chi connectivity index (χ1v) is 7.87. The van der Waals surface area contributed by atoms with Crippen molar-refractivity contribution in [1.82, 2.24) is 9.97 Å². The molecule has 0 radical (unpaired) electrons. The lowest BCUT2D eigenvalue weighted by Gasteiger charge is -2.38. The lowest BCUT2D eigenvalue weighted by atomic mass is 10.1. The zero-order valence-corrected chi connectivity index (χ0v) is 13.4. The maximum Gasteiger partial charge on any atom is 0.337 e. The number of halogens is 1. The summed E-state index contributed by atoms with van der Waals surface area (Å²) in [6, 6.07) is 6.16. The first kappa shape index (κ1) is 16.2. The lowest BCUT2D eigenvalue weighted by molar-refractivity contribution is 0.0600. The summed E-state index contributed by atoms with van der Waals surface area (Å²) in [7, 11) is 1.28. The Morgan fingerprint density at radius 1 is 1.33 bits per heavy atom. The monoisotopic (exact) mass is 330 g/mol. The number of ether oxygens (including phenoxy) is 1. The van der Waals surface area contributed by atoms with Crippen molar-refractivity contribution in [3.63, 3.8) is 0 Å². The zero-order valence-electron chi connectivity index (χ0n) is 13.4. The quantitative estimate of drug-likeness (QED) is 0.870. The summed E-state index contributed by atoms with van der Waals surface area (Å²) in [6.45, 7) is 0.721. The van der Waals surface area contributed by atoms with Crippen LogP contribution in [0.4, 0.5) is 16.0 Å². The Balaban J connectivity index is 1.84. The maximum atomic E-state index is 14.5. The number of hydrogen-bond acceptors (Lipinski definition) is 6. The van der Waals surface area contributed by atoms with Crippen LogP contribution in [0, 0.1) is 5.82 Å². The van der Waals surface area contributed by atoms with Gasteiger partial charge in [0.15, 0.2) is 0 Å². The third-order valence-corrected chi connectivity index (χ3v) is 4.04. The minimum absolute atomic E-state index is 0.0976. The molecule has 3 rings (SSSR count). The van der Waals surface area contributed by atoms with Gasteiger partial charge in [-0.1, -0.05) is 0 Å². The Hall–Kier alpha value is -2.70. The predicted molar refractivity (Wildman–Crippen MR) is 88.4 cm³/mol. The summed E-state index contributed by atoms with van der Waals surface area (Å²) in [5, 5.41) is 3.25. The first-order valence-electron chi connectivity index (χ1n) is 7.87. The summed E-state index contributed by atoms with van der Waals surface area (Å²) >= 11 is 0. The van der Waals surface area contributed by atoms with Gasteiger partial charge in [-0.15, -0.1) is 0 Å². The molecule has 1 aromatic heterocycles. The molecule has 1 aliphatic heterocycles. The van der Waals surface area contributed by atoms with Gasteiger partial charge in [0.2, 0.25) is 5.95 Å². The molecule has 1 fully saturated rings. The largest absolute Gasteiger partial charge is 0.465 e. The number of carbonyl (C=O) groups is 1. The number of anilines is 2. The van der Waals surface area contributed by atoms with E-state index in [4.69, 9.17) is 0 Å². The number of nitrogens with zero attached hydrogens (tertiary/aromatic N) is 3. The van der Waals surface area contributed by atoms with Crippen LogP contribution in [0.25, 0.3) is 0 Å². The number of esters is 1. The topological polar surface area (TPSA) is 67.3 Å². The number of aromatic nitrogens is 2. The van der Waals surface area contributed by atoms with Gasteiger partial charge in [0.05, 0.1) is 18.4 Å². The van der Waals surface area contributed by atoms with Crippen LogP contribution >= 0.6 is 0 Å². The molecule has 0 amide bonds. The normalized spacial score (nSPS) is 17.4. The molecule has 1 aromatic carbocycles. The Kier molecular flexibility index (Phi) is 4.88. The third-order valence-electron chi connectivity index (χ3n) is 4.04. The predicted octanol–water partition coefficient (Wildman–Crippen LogP) is 2.83. The fourth-order valence-corrected chi connectivity index (χ4v) is 2.88. The molecule has 1 N–H and O–H groups in total. The van der Waals surface area contributed by atoms with Crippen LogP contribution in [-0.2, 0) is 4.74 Å². The van der Waals surface area contributed by atoms with Gasteiger partial charge in [-0.3, -0.25) is 0 Å². The van der Waals surface area contributed by atoms with E-state index in [0.29, 0.717) is 11.6 Å². The highest BCUT2D eigenvalue weighted by atomic mass is 19.1. The molecule has 0 unspecified atom stereocenters. The van der Waals surface area contributed by atoms with Gasteiger partial charge in [-0.2, -0.15) is 0 Å². The number of hydrogen-bond donors (Lipinski definition) is 1. The Morgan fingerprint density at radius 3 is 2.83 bits per heavy atom. The van der Waals surface area contributed by atoms with Crippen molar-refractivity contribution < 1.29 is 13.9 Å². The second-order valence-electron chi connectivity index (χ2n) is 5.58. The first-order chi connectivity index (χ1) is 11.7. The van der Waals surface area contributed by atoms with Gasteiger partial charge in [0, 0.05) is 18.9 Å². The molecule has 0 aliphatic carbocycles. The number of benzene rings is 1. The van der Waals surface area contributed by atoms with E-state index in [1.54, 1.807) is 30.6 Å². The number of piperidine rings is 1. The lowest BCUT2D eigenvalue weighted by Crippen LogP contribution is -2.45. The van der Waals surface area contributed by atoms with Gasteiger partial charge < -0.3 is 15.0 Å². The minimum atomic E-state index is -0.550. The van der Waals surface area contributed by atoms with Crippen molar-refractivity contribution in [1.29, 1.82) is 0 Å². The molecule has 126 valence electrons. The number of carbonyl (C=O) groups excluding carboxylic acids is 1. The van der Waals surface area contributed by atoms with Crippen molar-refractivity contribution in [2.45, 2.75) is 25.4 Å². The highest BCUT2D eigenvalue weighted by Crippen LogP contribution is 2.28. The average molecular weight is 330 g/mol. The maximum absolute atomic E-state index is 14.5. The molecular formula is C17H19FN4O2. The van der Waals surface area contributed by atoms with E-state index in [9.17, 15) is 9.18 Å². The van der Waals surface area contributed by atoms with Crippen molar-refractivity contribution >= 4 is 17.6 Å². The van der Waals surface area contributed by atoms with Crippen LogP contribution in [0.15, 0.2) is 36.7 Å². The van der Waals surface area contributed by atoms with Gasteiger partial charge in [-0.25, -0.2) is 19.2 Å². The van der Waals surface area contributed by atoms with E-state index in [2.05, 4.69) is 20.0 Å². The third kappa shape index (κ3) is 3.45. The molecule has 0 saturated carbocycles. The van der Waals surface area contributed by atoms with Gasteiger partial charge in [0.25, 0.3) is 0 Å². The van der Waals surface area contributed by atoms with Gasteiger partial charge >= 0.3 is 5.97 Å². The summed E-state index contributed by atoms with van der Waals surface area (Å²) in [6.07, 6.45) is 6.10. The molecule has 0 spiro atoms. The number of methoxy groups -OCH3 is 1. The fraction of sp³-hybridized carbons (Fsp3) is 0.353. The SMILES string of the molecule is COC(=O)c1ccc(N2CCCC[C@@H]2Nc2ncccn2)c(F)c1.